The molecule has 1 atom stereocenters. The summed E-state index contributed by atoms with van der Waals surface area (Å²) in [5.74, 6) is 0.880. The first-order valence-electron chi connectivity index (χ1n) is 9.20. The third-order valence-corrected chi connectivity index (χ3v) is 5.02. The Morgan fingerprint density at radius 2 is 1.52 bits per heavy atom. The molecule has 23 heavy (non-hydrogen) atoms. The van der Waals surface area contributed by atoms with Gasteiger partial charge in [0.25, 0.3) is 0 Å². The van der Waals surface area contributed by atoms with Crippen molar-refractivity contribution in [2.24, 2.45) is 5.92 Å². The van der Waals surface area contributed by atoms with Crippen LogP contribution in [0.3, 0.4) is 0 Å². The fourth-order valence-corrected chi connectivity index (χ4v) is 3.78. The zero-order valence-corrected chi connectivity index (χ0v) is 14.2. The van der Waals surface area contributed by atoms with Gasteiger partial charge in [-0.15, -0.1) is 0 Å². The molecular weight excluding hydrogens is 278 g/mol. The molecule has 0 saturated carbocycles. The van der Waals surface area contributed by atoms with Gasteiger partial charge in [0.15, 0.2) is 0 Å². The Bertz CT molecular complexity index is 549. The van der Waals surface area contributed by atoms with Gasteiger partial charge in [-0.05, 0) is 55.7 Å². The van der Waals surface area contributed by atoms with Gasteiger partial charge in [0.05, 0.1) is 0 Å². The van der Waals surface area contributed by atoms with Crippen LogP contribution in [0.5, 0.6) is 0 Å². The normalized spacial score (nSPS) is 19.4. The van der Waals surface area contributed by atoms with Crippen LogP contribution in [0.4, 0.5) is 0 Å². The minimum Gasteiger partial charge on any atom is -0.299 e. The van der Waals surface area contributed by atoms with Crippen LogP contribution in [0.15, 0.2) is 60.7 Å². The third-order valence-electron chi connectivity index (χ3n) is 5.02. The molecule has 3 rings (SSSR count). The lowest BCUT2D eigenvalue weighted by atomic mass is 9.95. The summed E-state index contributed by atoms with van der Waals surface area (Å²) in [5, 5.41) is 0. The van der Waals surface area contributed by atoms with E-state index in [1.54, 1.807) is 0 Å². The second kappa shape index (κ2) is 8.88. The molecule has 1 saturated heterocycles. The molecule has 0 aromatic heterocycles. The van der Waals surface area contributed by atoms with Crippen molar-refractivity contribution >= 4 is 0 Å². The van der Waals surface area contributed by atoms with Crippen molar-refractivity contribution in [3.63, 3.8) is 0 Å². The Hall–Kier alpha value is -1.60. The van der Waals surface area contributed by atoms with E-state index in [2.05, 4.69) is 65.6 Å². The summed E-state index contributed by atoms with van der Waals surface area (Å²) in [6.45, 7) is 3.67. The molecule has 1 aliphatic heterocycles. The highest BCUT2D eigenvalue weighted by molar-refractivity contribution is 5.15. The SMILES string of the molecule is c1ccc(CCCC2CCCCN(Cc3ccccc3)C2)cc1. The summed E-state index contributed by atoms with van der Waals surface area (Å²) in [6, 6.07) is 21.9. The molecule has 1 heterocycles. The van der Waals surface area contributed by atoms with Crippen molar-refractivity contribution in [1.82, 2.24) is 4.90 Å². The number of hydrogen-bond acceptors (Lipinski definition) is 1. The van der Waals surface area contributed by atoms with Gasteiger partial charge in [-0.1, -0.05) is 67.1 Å². The molecular formula is C22H29N. The molecule has 0 aliphatic carbocycles. The number of hydrogen-bond donors (Lipinski definition) is 0. The topological polar surface area (TPSA) is 3.24 Å². The second-order valence-corrected chi connectivity index (χ2v) is 6.96. The summed E-state index contributed by atoms with van der Waals surface area (Å²) < 4.78 is 0. The number of benzene rings is 2. The van der Waals surface area contributed by atoms with Gasteiger partial charge >= 0.3 is 0 Å². The molecule has 0 N–H and O–H groups in total. The van der Waals surface area contributed by atoms with Crippen LogP contribution < -0.4 is 0 Å². The van der Waals surface area contributed by atoms with Crippen LogP contribution in [-0.4, -0.2) is 18.0 Å². The van der Waals surface area contributed by atoms with Crippen LogP contribution in [0.2, 0.25) is 0 Å². The van der Waals surface area contributed by atoms with E-state index in [0.717, 1.165) is 12.5 Å². The maximum absolute atomic E-state index is 2.68. The highest BCUT2D eigenvalue weighted by Crippen LogP contribution is 2.23. The molecule has 2 aromatic rings. The van der Waals surface area contributed by atoms with Crippen LogP contribution >= 0.6 is 0 Å². The predicted molar refractivity (Wildman–Crippen MR) is 98.4 cm³/mol. The van der Waals surface area contributed by atoms with Crippen LogP contribution in [0, 0.1) is 5.92 Å². The standard InChI is InChI=1S/C22H29N/c1-3-10-20(11-4-1)15-9-16-22-14-7-8-17-23(19-22)18-21-12-5-2-6-13-21/h1-6,10-13,22H,7-9,14-19H2. The number of rotatable bonds is 6. The Balaban J connectivity index is 1.47. The van der Waals surface area contributed by atoms with E-state index in [1.165, 1.54) is 62.7 Å². The Morgan fingerprint density at radius 3 is 2.26 bits per heavy atom. The molecule has 1 aliphatic rings. The molecule has 1 heteroatoms. The van der Waals surface area contributed by atoms with Crippen molar-refractivity contribution in [2.45, 2.75) is 45.1 Å². The first kappa shape index (κ1) is 16.3. The molecule has 0 spiro atoms. The first-order valence-corrected chi connectivity index (χ1v) is 9.20. The minimum atomic E-state index is 0.880. The average molecular weight is 307 g/mol. The maximum atomic E-state index is 2.68. The van der Waals surface area contributed by atoms with Gasteiger partial charge in [-0.2, -0.15) is 0 Å². The lowest BCUT2D eigenvalue weighted by Crippen LogP contribution is -2.28. The van der Waals surface area contributed by atoms with Crippen LogP contribution in [-0.2, 0) is 13.0 Å². The predicted octanol–water partition coefficient (Wildman–Crippen LogP) is 5.31. The lowest BCUT2D eigenvalue weighted by molar-refractivity contribution is 0.233. The largest absolute Gasteiger partial charge is 0.299 e. The zero-order valence-electron chi connectivity index (χ0n) is 14.2. The Kier molecular flexibility index (Phi) is 6.28. The zero-order chi connectivity index (χ0) is 15.7. The summed E-state index contributed by atoms with van der Waals surface area (Å²) in [6.07, 6.45) is 8.12. The molecule has 0 bridgehead atoms. The lowest BCUT2D eigenvalue weighted by Gasteiger charge is -2.24. The fourth-order valence-electron chi connectivity index (χ4n) is 3.78. The number of likely N-dealkylation sites (tertiary alicyclic amines) is 1. The van der Waals surface area contributed by atoms with Crippen molar-refractivity contribution < 1.29 is 0 Å². The van der Waals surface area contributed by atoms with Crippen molar-refractivity contribution in [3.8, 4) is 0 Å². The van der Waals surface area contributed by atoms with Crippen LogP contribution in [0.25, 0.3) is 0 Å². The molecule has 2 aromatic carbocycles. The summed E-state index contributed by atoms with van der Waals surface area (Å²) in [7, 11) is 0. The quantitative estimate of drug-likeness (QED) is 0.699. The van der Waals surface area contributed by atoms with E-state index < -0.39 is 0 Å². The summed E-state index contributed by atoms with van der Waals surface area (Å²) >= 11 is 0. The minimum absolute atomic E-state index is 0.880. The van der Waals surface area contributed by atoms with E-state index >= 15 is 0 Å². The number of nitrogens with zero attached hydrogens (tertiary/aromatic N) is 1. The van der Waals surface area contributed by atoms with E-state index in [9.17, 15) is 0 Å². The smallest absolute Gasteiger partial charge is 0.0233 e. The Morgan fingerprint density at radius 1 is 0.826 bits per heavy atom. The summed E-state index contributed by atoms with van der Waals surface area (Å²) in [5.41, 5.74) is 2.94. The molecule has 122 valence electrons. The first-order chi connectivity index (χ1) is 11.4. The van der Waals surface area contributed by atoms with Crippen molar-refractivity contribution in [2.75, 3.05) is 13.1 Å². The molecule has 1 fully saturated rings. The van der Waals surface area contributed by atoms with Gasteiger partial charge in [0, 0.05) is 13.1 Å². The van der Waals surface area contributed by atoms with E-state index in [0.29, 0.717) is 0 Å². The second-order valence-electron chi connectivity index (χ2n) is 6.96. The van der Waals surface area contributed by atoms with E-state index in [-0.39, 0.29) is 0 Å². The maximum Gasteiger partial charge on any atom is 0.0233 e. The van der Waals surface area contributed by atoms with Gasteiger partial charge in [0.2, 0.25) is 0 Å². The van der Waals surface area contributed by atoms with E-state index in [4.69, 9.17) is 0 Å². The highest BCUT2D eigenvalue weighted by Gasteiger charge is 2.18. The molecule has 0 amide bonds. The van der Waals surface area contributed by atoms with Crippen molar-refractivity contribution in [3.05, 3.63) is 71.8 Å². The number of aryl methyl sites for hydroxylation is 1. The van der Waals surface area contributed by atoms with E-state index in [1.807, 2.05) is 0 Å². The highest BCUT2D eigenvalue weighted by atomic mass is 15.1. The van der Waals surface area contributed by atoms with Crippen molar-refractivity contribution in [1.29, 1.82) is 0 Å². The molecule has 1 unspecified atom stereocenters. The fraction of sp³-hybridized carbons (Fsp3) is 0.455. The van der Waals surface area contributed by atoms with Crippen LogP contribution in [0.1, 0.15) is 43.2 Å². The monoisotopic (exact) mass is 307 g/mol. The molecule has 1 nitrogen and oxygen atoms in total. The summed E-state index contributed by atoms with van der Waals surface area (Å²) in [4.78, 5) is 2.68. The van der Waals surface area contributed by atoms with Gasteiger partial charge < -0.3 is 0 Å². The molecule has 0 radical (unpaired) electrons. The van der Waals surface area contributed by atoms with Gasteiger partial charge in [-0.25, -0.2) is 0 Å². The average Bonchev–Trinajstić information content (AvgIpc) is 2.82. The Labute approximate surface area is 141 Å². The van der Waals surface area contributed by atoms with Gasteiger partial charge in [-0.3, -0.25) is 4.90 Å². The third kappa shape index (κ3) is 5.51. The van der Waals surface area contributed by atoms with Gasteiger partial charge in [0.1, 0.15) is 0 Å².